The van der Waals surface area contributed by atoms with E-state index < -0.39 is 0 Å². The molecule has 0 unspecified atom stereocenters. The second-order valence-corrected chi connectivity index (χ2v) is 6.20. The van der Waals surface area contributed by atoms with Crippen LogP contribution in [0.15, 0.2) is 18.2 Å². The van der Waals surface area contributed by atoms with Crippen LogP contribution in [0.3, 0.4) is 0 Å². The topological polar surface area (TPSA) is 35.6 Å². The highest BCUT2D eigenvalue weighted by atomic mass is 35.5. The van der Waals surface area contributed by atoms with Crippen LogP contribution in [-0.4, -0.2) is 43.7 Å². The normalized spacial score (nSPS) is 15.0. The van der Waals surface area contributed by atoms with Gasteiger partial charge in [0.2, 0.25) is 0 Å². The number of nitrogens with zero attached hydrogens (tertiary/aromatic N) is 2. The molecule has 4 nitrogen and oxygen atoms in total. The minimum Gasteiger partial charge on any atom is -0.368 e. The van der Waals surface area contributed by atoms with E-state index in [-0.39, 0.29) is 6.03 Å². The fourth-order valence-electron chi connectivity index (χ4n) is 2.77. The second-order valence-electron chi connectivity index (χ2n) is 5.80. The molecule has 2 rings (SSSR count). The molecule has 0 radical (unpaired) electrons. The average molecular weight is 324 g/mol. The van der Waals surface area contributed by atoms with Gasteiger partial charge in [0, 0.05) is 43.4 Å². The first-order chi connectivity index (χ1) is 10.6. The number of hydrogen-bond acceptors (Lipinski definition) is 2. The van der Waals surface area contributed by atoms with Crippen LogP contribution in [0.5, 0.6) is 0 Å². The highest BCUT2D eigenvalue weighted by molar-refractivity contribution is 6.31. The van der Waals surface area contributed by atoms with Crippen molar-refractivity contribution in [3.8, 4) is 0 Å². The van der Waals surface area contributed by atoms with Crippen molar-refractivity contribution in [2.24, 2.45) is 0 Å². The number of amides is 2. The van der Waals surface area contributed by atoms with Crippen molar-refractivity contribution in [1.82, 2.24) is 10.2 Å². The molecular formula is C17H26ClN3O. The molecular weight excluding hydrogens is 298 g/mol. The molecule has 1 fully saturated rings. The molecule has 1 saturated heterocycles. The van der Waals surface area contributed by atoms with Crippen molar-refractivity contribution >= 4 is 23.3 Å². The number of rotatable bonds is 5. The van der Waals surface area contributed by atoms with Crippen molar-refractivity contribution < 1.29 is 4.79 Å². The number of nitrogens with one attached hydrogen (secondary N) is 1. The Morgan fingerprint density at radius 2 is 1.95 bits per heavy atom. The molecule has 1 aliphatic rings. The summed E-state index contributed by atoms with van der Waals surface area (Å²) in [6.45, 7) is 8.20. The Morgan fingerprint density at radius 1 is 1.23 bits per heavy atom. The Hall–Kier alpha value is -1.42. The zero-order valence-corrected chi connectivity index (χ0v) is 14.3. The Labute approximate surface area is 138 Å². The maximum atomic E-state index is 12.1. The average Bonchev–Trinajstić information content (AvgIpc) is 2.54. The third-order valence-corrected chi connectivity index (χ3v) is 4.61. The molecule has 1 aliphatic heterocycles. The lowest BCUT2D eigenvalue weighted by atomic mass is 10.1. The van der Waals surface area contributed by atoms with Crippen LogP contribution in [0.25, 0.3) is 0 Å². The summed E-state index contributed by atoms with van der Waals surface area (Å²) >= 11 is 6.19. The minimum absolute atomic E-state index is 0.0681. The summed E-state index contributed by atoms with van der Waals surface area (Å²) in [6, 6.07) is 6.07. The molecule has 1 heterocycles. The van der Waals surface area contributed by atoms with Gasteiger partial charge in [0.15, 0.2) is 0 Å². The number of halogens is 1. The lowest BCUT2D eigenvalue weighted by Gasteiger charge is -2.36. The molecule has 0 saturated carbocycles. The van der Waals surface area contributed by atoms with Crippen LogP contribution in [0.4, 0.5) is 10.5 Å². The molecule has 5 heteroatoms. The number of benzene rings is 1. The lowest BCUT2D eigenvalue weighted by molar-refractivity contribution is 0.194. The SMILES string of the molecule is CCCCCNC(=O)N1CCN(c2cccc(Cl)c2C)CC1. The molecule has 1 N–H and O–H groups in total. The van der Waals surface area contributed by atoms with Crippen molar-refractivity contribution in [1.29, 1.82) is 0 Å². The minimum atomic E-state index is 0.0681. The summed E-state index contributed by atoms with van der Waals surface area (Å²) in [5, 5.41) is 3.81. The predicted molar refractivity (Wildman–Crippen MR) is 92.9 cm³/mol. The van der Waals surface area contributed by atoms with Crippen molar-refractivity contribution in [3.63, 3.8) is 0 Å². The van der Waals surface area contributed by atoms with E-state index in [1.807, 2.05) is 24.0 Å². The molecule has 1 aromatic rings. The molecule has 0 aliphatic carbocycles. The van der Waals surface area contributed by atoms with Gasteiger partial charge in [-0.2, -0.15) is 0 Å². The van der Waals surface area contributed by atoms with E-state index in [1.54, 1.807) is 0 Å². The number of carbonyl (C=O) groups is 1. The third kappa shape index (κ3) is 4.29. The van der Waals surface area contributed by atoms with Gasteiger partial charge in [0.25, 0.3) is 0 Å². The fourth-order valence-corrected chi connectivity index (χ4v) is 2.94. The fraction of sp³-hybridized carbons (Fsp3) is 0.588. The number of hydrogen-bond donors (Lipinski definition) is 1. The first kappa shape index (κ1) is 16.9. The van der Waals surface area contributed by atoms with E-state index >= 15 is 0 Å². The smallest absolute Gasteiger partial charge is 0.317 e. The molecule has 0 spiro atoms. The Bertz CT molecular complexity index is 499. The molecule has 22 heavy (non-hydrogen) atoms. The van der Waals surface area contributed by atoms with Crippen LogP contribution >= 0.6 is 11.6 Å². The van der Waals surface area contributed by atoms with Gasteiger partial charge < -0.3 is 15.1 Å². The van der Waals surface area contributed by atoms with E-state index in [0.717, 1.165) is 49.7 Å². The summed E-state index contributed by atoms with van der Waals surface area (Å²) in [7, 11) is 0. The van der Waals surface area contributed by atoms with E-state index in [2.05, 4.69) is 23.2 Å². The van der Waals surface area contributed by atoms with Crippen molar-refractivity contribution in [3.05, 3.63) is 28.8 Å². The number of piperazine rings is 1. The van der Waals surface area contributed by atoms with Gasteiger partial charge in [-0.1, -0.05) is 37.4 Å². The molecule has 0 bridgehead atoms. The quantitative estimate of drug-likeness (QED) is 0.839. The van der Waals surface area contributed by atoms with E-state index in [4.69, 9.17) is 11.6 Å². The highest BCUT2D eigenvalue weighted by Gasteiger charge is 2.22. The van der Waals surface area contributed by atoms with Gasteiger partial charge in [-0.05, 0) is 31.0 Å². The number of urea groups is 1. The van der Waals surface area contributed by atoms with Gasteiger partial charge >= 0.3 is 6.03 Å². The summed E-state index contributed by atoms with van der Waals surface area (Å²) in [4.78, 5) is 16.3. The van der Waals surface area contributed by atoms with Crippen molar-refractivity contribution in [2.75, 3.05) is 37.6 Å². The Balaban J connectivity index is 1.82. The number of anilines is 1. The van der Waals surface area contributed by atoms with Gasteiger partial charge in [-0.3, -0.25) is 0 Å². The Kier molecular flexibility index (Phi) is 6.37. The molecule has 0 aromatic heterocycles. The van der Waals surface area contributed by atoms with Gasteiger partial charge in [-0.15, -0.1) is 0 Å². The molecule has 2 amide bonds. The first-order valence-corrected chi connectivity index (χ1v) is 8.54. The molecule has 0 atom stereocenters. The van der Waals surface area contributed by atoms with Crippen LogP contribution < -0.4 is 10.2 Å². The first-order valence-electron chi connectivity index (χ1n) is 8.16. The maximum absolute atomic E-state index is 12.1. The number of unbranched alkanes of at least 4 members (excludes halogenated alkanes) is 2. The lowest BCUT2D eigenvalue weighted by Crippen LogP contribution is -2.52. The highest BCUT2D eigenvalue weighted by Crippen LogP contribution is 2.27. The summed E-state index contributed by atoms with van der Waals surface area (Å²) in [5.74, 6) is 0. The van der Waals surface area contributed by atoms with Crippen LogP contribution in [-0.2, 0) is 0 Å². The third-order valence-electron chi connectivity index (χ3n) is 4.20. The monoisotopic (exact) mass is 323 g/mol. The van der Waals surface area contributed by atoms with E-state index in [9.17, 15) is 4.79 Å². The second kappa shape index (κ2) is 8.28. The van der Waals surface area contributed by atoms with E-state index in [1.165, 1.54) is 18.5 Å². The molecule has 122 valence electrons. The standard InChI is InChI=1S/C17H26ClN3O/c1-3-4-5-9-19-17(22)21-12-10-20(11-13-21)16-8-6-7-15(18)14(16)2/h6-8H,3-5,9-13H2,1-2H3,(H,19,22). The van der Waals surface area contributed by atoms with Crippen LogP contribution in [0, 0.1) is 6.92 Å². The van der Waals surface area contributed by atoms with Crippen LogP contribution in [0.1, 0.15) is 31.7 Å². The zero-order valence-electron chi connectivity index (χ0n) is 13.6. The Morgan fingerprint density at radius 3 is 2.64 bits per heavy atom. The van der Waals surface area contributed by atoms with Crippen LogP contribution in [0.2, 0.25) is 5.02 Å². The van der Waals surface area contributed by atoms with Gasteiger partial charge in [0.1, 0.15) is 0 Å². The summed E-state index contributed by atoms with van der Waals surface area (Å²) in [6.07, 6.45) is 3.40. The van der Waals surface area contributed by atoms with Gasteiger partial charge in [0.05, 0.1) is 0 Å². The zero-order chi connectivity index (χ0) is 15.9. The van der Waals surface area contributed by atoms with Crippen molar-refractivity contribution in [2.45, 2.75) is 33.1 Å². The van der Waals surface area contributed by atoms with E-state index in [0.29, 0.717) is 0 Å². The summed E-state index contributed by atoms with van der Waals surface area (Å²) in [5.41, 5.74) is 2.29. The molecule has 1 aromatic carbocycles. The van der Waals surface area contributed by atoms with Gasteiger partial charge in [-0.25, -0.2) is 4.79 Å². The largest absolute Gasteiger partial charge is 0.368 e. The maximum Gasteiger partial charge on any atom is 0.317 e. The number of carbonyl (C=O) groups excluding carboxylic acids is 1. The summed E-state index contributed by atoms with van der Waals surface area (Å²) < 4.78 is 0. The predicted octanol–water partition coefficient (Wildman–Crippen LogP) is 3.67.